The average Bonchev–Trinajstić information content (AvgIpc) is 2.13. The molecule has 8 heteroatoms. The summed E-state index contributed by atoms with van der Waals surface area (Å²) >= 11 is 0. The molecule has 0 bridgehead atoms. The van der Waals surface area contributed by atoms with Gasteiger partial charge in [-0.05, 0) is 12.1 Å². The summed E-state index contributed by atoms with van der Waals surface area (Å²) < 4.78 is 76.1. The van der Waals surface area contributed by atoms with Crippen LogP contribution in [0.3, 0.4) is 0 Å². The number of halogens is 6. The second kappa shape index (κ2) is 4.44. The first-order valence-corrected chi connectivity index (χ1v) is 4.29. The largest absolute Gasteiger partial charge is 0.573 e. The van der Waals surface area contributed by atoms with Gasteiger partial charge in [0.2, 0.25) is 0 Å². The summed E-state index contributed by atoms with van der Waals surface area (Å²) in [5.41, 5.74) is 3.72. The van der Waals surface area contributed by atoms with E-state index < -0.39 is 23.9 Å². The molecule has 0 radical (unpaired) electrons. The van der Waals surface area contributed by atoms with E-state index in [2.05, 4.69) is 4.74 Å². The van der Waals surface area contributed by atoms with Gasteiger partial charge < -0.3 is 10.5 Å². The molecular weight excluding hydrogens is 252 g/mol. The third-order valence-electron chi connectivity index (χ3n) is 1.84. The fourth-order valence-corrected chi connectivity index (χ4v) is 1.12. The average molecular weight is 259 g/mol. The molecule has 1 aromatic carbocycles. The van der Waals surface area contributed by atoms with Crippen molar-refractivity contribution in [3.8, 4) is 5.75 Å². The third kappa shape index (κ3) is 3.81. The minimum atomic E-state index is -5.06. The Bertz CT molecular complexity index is 397. The Balaban J connectivity index is 3.16. The number of ether oxygens (including phenoxy) is 1. The number of benzene rings is 1. The number of alkyl halides is 6. The molecule has 96 valence electrons. The van der Waals surface area contributed by atoms with Crippen molar-refractivity contribution < 1.29 is 31.1 Å². The number of hydrogen-bond acceptors (Lipinski definition) is 2. The van der Waals surface area contributed by atoms with Crippen LogP contribution in [0.1, 0.15) is 11.1 Å². The summed E-state index contributed by atoms with van der Waals surface area (Å²) in [4.78, 5) is 0. The van der Waals surface area contributed by atoms with Crippen LogP contribution in [-0.2, 0) is 12.7 Å². The lowest BCUT2D eigenvalue weighted by molar-refractivity contribution is -0.275. The lowest BCUT2D eigenvalue weighted by Crippen LogP contribution is -2.19. The second-order valence-electron chi connectivity index (χ2n) is 3.07. The smallest absolute Gasteiger partial charge is 0.405 e. The highest BCUT2D eigenvalue weighted by Crippen LogP contribution is 2.34. The summed E-state index contributed by atoms with van der Waals surface area (Å²) in [6.45, 7) is -0.358. The molecule has 0 aromatic heterocycles. The highest BCUT2D eigenvalue weighted by Gasteiger charge is 2.35. The van der Waals surface area contributed by atoms with Crippen molar-refractivity contribution in [1.29, 1.82) is 0 Å². The van der Waals surface area contributed by atoms with E-state index in [0.29, 0.717) is 6.07 Å². The van der Waals surface area contributed by atoms with Crippen molar-refractivity contribution in [2.75, 3.05) is 0 Å². The Labute approximate surface area is 92.0 Å². The van der Waals surface area contributed by atoms with E-state index in [4.69, 9.17) is 5.73 Å². The maximum absolute atomic E-state index is 12.3. The van der Waals surface area contributed by atoms with Gasteiger partial charge in [-0.2, -0.15) is 13.2 Å². The highest BCUT2D eigenvalue weighted by atomic mass is 19.4. The molecule has 0 unspecified atom stereocenters. The molecule has 0 saturated carbocycles. The van der Waals surface area contributed by atoms with E-state index in [9.17, 15) is 26.3 Å². The number of nitrogens with two attached hydrogens (primary N) is 1. The Morgan fingerprint density at radius 1 is 1.06 bits per heavy atom. The quantitative estimate of drug-likeness (QED) is 0.828. The molecule has 1 aromatic rings. The maximum atomic E-state index is 12.3. The first-order chi connectivity index (χ1) is 7.63. The molecule has 0 saturated heterocycles. The zero-order chi connectivity index (χ0) is 13.3. The van der Waals surface area contributed by atoms with E-state index in [1.54, 1.807) is 0 Å². The summed E-state index contributed by atoms with van der Waals surface area (Å²) in [7, 11) is 0. The molecule has 0 spiro atoms. The van der Waals surface area contributed by atoms with Crippen molar-refractivity contribution >= 4 is 0 Å². The van der Waals surface area contributed by atoms with Crippen LogP contribution in [0.5, 0.6) is 5.75 Å². The van der Waals surface area contributed by atoms with Crippen molar-refractivity contribution in [2.24, 2.45) is 5.73 Å². The van der Waals surface area contributed by atoms with Gasteiger partial charge in [0.15, 0.2) is 0 Å². The Hall–Kier alpha value is -1.44. The van der Waals surface area contributed by atoms with Crippen LogP contribution in [0, 0.1) is 0 Å². The summed E-state index contributed by atoms with van der Waals surface area (Å²) in [6.07, 6.45) is -9.80. The predicted molar refractivity (Wildman–Crippen MR) is 46.0 cm³/mol. The lowest BCUT2D eigenvalue weighted by atomic mass is 10.1. The van der Waals surface area contributed by atoms with E-state index in [1.165, 1.54) is 0 Å². The molecule has 0 aliphatic carbocycles. The van der Waals surface area contributed by atoms with Gasteiger partial charge in [-0.3, -0.25) is 0 Å². The van der Waals surface area contributed by atoms with Crippen molar-refractivity contribution in [3.05, 3.63) is 29.3 Å². The van der Waals surface area contributed by atoms with E-state index in [0.717, 1.165) is 6.07 Å². The van der Waals surface area contributed by atoms with Gasteiger partial charge in [-0.15, -0.1) is 13.2 Å². The monoisotopic (exact) mass is 259 g/mol. The van der Waals surface area contributed by atoms with Gasteiger partial charge in [0.1, 0.15) is 5.75 Å². The maximum Gasteiger partial charge on any atom is 0.573 e. The van der Waals surface area contributed by atoms with Crippen LogP contribution in [-0.4, -0.2) is 6.36 Å². The molecule has 0 atom stereocenters. The number of hydrogen-bond donors (Lipinski definition) is 1. The lowest BCUT2D eigenvalue weighted by Gasteiger charge is -2.14. The van der Waals surface area contributed by atoms with Crippen molar-refractivity contribution in [1.82, 2.24) is 0 Å². The van der Waals surface area contributed by atoms with Gasteiger partial charge in [-0.25, -0.2) is 0 Å². The topological polar surface area (TPSA) is 35.2 Å². The molecule has 0 fully saturated rings. The first kappa shape index (κ1) is 13.6. The second-order valence-corrected chi connectivity index (χ2v) is 3.07. The van der Waals surface area contributed by atoms with Crippen LogP contribution in [0.2, 0.25) is 0 Å². The van der Waals surface area contributed by atoms with Crippen LogP contribution >= 0.6 is 0 Å². The Morgan fingerprint density at radius 2 is 1.65 bits per heavy atom. The van der Waals surface area contributed by atoms with Gasteiger partial charge in [0.05, 0.1) is 5.56 Å². The Morgan fingerprint density at radius 3 is 2.06 bits per heavy atom. The summed E-state index contributed by atoms with van der Waals surface area (Å²) in [5, 5.41) is 0. The standard InChI is InChI=1S/C9H7F6NO/c10-8(11,12)6-2-1-5(4-16)7(3-6)17-9(13,14)15/h1-3H,4,16H2. The molecular formula is C9H7F6NO. The third-order valence-corrected chi connectivity index (χ3v) is 1.84. The van der Waals surface area contributed by atoms with Crippen LogP contribution in [0.25, 0.3) is 0 Å². The molecule has 17 heavy (non-hydrogen) atoms. The molecule has 0 aliphatic rings. The molecule has 0 heterocycles. The molecule has 0 aliphatic heterocycles. The molecule has 2 nitrogen and oxygen atoms in total. The van der Waals surface area contributed by atoms with Crippen molar-refractivity contribution in [2.45, 2.75) is 19.1 Å². The first-order valence-electron chi connectivity index (χ1n) is 4.29. The zero-order valence-electron chi connectivity index (χ0n) is 8.19. The van der Waals surface area contributed by atoms with Crippen molar-refractivity contribution in [3.63, 3.8) is 0 Å². The van der Waals surface area contributed by atoms with Gasteiger partial charge in [-0.1, -0.05) is 6.07 Å². The normalized spacial score (nSPS) is 12.6. The fraction of sp³-hybridized carbons (Fsp3) is 0.333. The van der Waals surface area contributed by atoms with E-state index >= 15 is 0 Å². The van der Waals surface area contributed by atoms with Gasteiger partial charge >= 0.3 is 12.5 Å². The summed E-state index contributed by atoms with van der Waals surface area (Å²) in [5.74, 6) is -0.935. The van der Waals surface area contributed by atoms with Crippen LogP contribution in [0.15, 0.2) is 18.2 Å². The van der Waals surface area contributed by atoms with E-state index in [1.807, 2.05) is 0 Å². The minimum absolute atomic E-state index is 0.157. The minimum Gasteiger partial charge on any atom is -0.405 e. The highest BCUT2D eigenvalue weighted by molar-refractivity contribution is 5.38. The van der Waals surface area contributed by atoms with Crippen LogP contribution in [0.4, 0.5) is 26.3 Å². The van der Waals surface area contributed by atoms with E-state index in [-0.39, 0.29) is 18.2 Å². The molecule has 1 rings (SSSR count). The summed E-state index contributed by atoms with van der Waals surface area (Å²) in [6, 6.07) is 1.77. The number of rotatable bonds is 2. The fourth-order valence-electron chi connectivity index (χ4n) is 1.12. The SMILES string of the molecule is NCc1ccc(C(F)(F)F)cc1OC(F)(F)F. The van der Waals surface area contributed by atoms with Gasteiger partial charge in [0, 0.05) is 12.1 Å². The molecule has 0 amide bonds. The zero-order valence-corrected chi connectivity index (χ0v) is 8.19. The van der Waals surface area contributed by atoms with Gasteiger partial charge in [0.25, 0.3) is 0 Å². The molecule has 2 N–H and O–H groups in total. The van der Waals surface area contributed by atoms with Crippen LogP contribution < -0.4 is 10.5 Å². The predicted octanol–water partition coefficient (Wildman–Crippen LogP) is 3.06. The Kier molecular flexibility index (Phi) is 3.56.